The van der Waals surface area contributed by atoms with Crippen LogP contribution in [0, 0.1) is 12.8 Å². The maximum absolute atomic E-state index is 12.1. The zero-order chi connectivity index (χ0) is 16.3. The number of nitrogens with zero attached hydrogens (tertiary/aromatic N) is 2. The number of hydrogen-bond donors (Lipinski definition) is 0. The van der Waals surface area contributed by atoms with Crippen molar-refractivity contribution in [1.29, 1.82) is 0 Å². The summed E-state index contributed by atoms with van der Waals surface area (Å²) in [6, 6.07) is 4.06. The average Bonchev–Trinajstić information content (AvgIpc) is 2.84. The molecule has 0 aliphatic carbocycles. The molecule has 1 aliphatic heterocycles. The third kappa shape index (κ3) is 4.61. The summed E-state index contributed by atoms with van der Waals surface area (Å²) >= 11 is 0. The fourth-order valence-corrected chi connectivity index (χ4v) is 2.75. The van der Waals surface area contributed by atoms with E-state index < -0.39 is 5.60 Å². The van der Waals surface area contributed by atoms with Crippen LogP contribution in [0.25, 0.3) is 0 Å². The van der Waals surface area contributed by atoms with Gasteiger partial charge in [-0.2, -0.15) is 0 Å². The monoisotopic (exact) mass is 306 g/mol. The van der Waals surface area contributed by atoms with E-state index in [1.807, 2.05) is 33.8 Å². The number of amides is 1. The van der Waals surface area contributed by atoms with Crippen molar-refractivity contribution in [2.45, 2.75) is 46.1 Å². The Kier molecular flexibility index (Phi) is 4.94. The van der Waals surface area contributed by atoms with Crippen LogP contribution in [-0.2, 0) is 11.2 Å². The van der Waals surface area contributed by atoms with Gasteiger partial charge in [-0.15, -0.1) is 0 Å². The van der Waals surface area contributed by atoms with E-state index in [1.54, 1.807) is 12.0 Å². The van der Waals surface area contributed by atoms with E-state index in [-0.39, 0.29) is 6.09 Å². The van der Waals surface area contributed by atoms with Crippen LogP contribution >= 0.6 is 0 Å². The summed E-state index contributed by atoms with van der Waals surface area (Å²) < 4.78 is 10.7. The first-order valence-corrected chi connectivity index (χ1v) is 7.76. The van der Waals surface area contributed by atoms with E-state index in [1.165, 1.54) is 5.56 Å². The van der Waals surface area contributed by atoms with Crippen molar-refractivity contribution in [2.24, 2.45) is 5.92 Å². The molecule has 1 aromatic heterocycles. The second kappa shape index (κ2) is 6.55. The summed E-state index contributed by atoms with van der Waals surface area (Å²) in [6.07, 6.45) is 1.72. The minimum Gasteiger partial charge on any atom is -0.481 e. The summed E-state index contributed by atoms with van der Waals surface area (Å²) in [5.41, 5.74) is 1.72. The van der Waals surface area contributed by atoms with Crippen LogP contribution in [0.5, 0.6) is 5.88 Å². The van der Waals surface area contributed by atoms with E-state index >= 15 is 0 Å². The smallest absolute Gasteiger partial charge is 0.410 e. The molecule has 1 unspecified atom stereocenters. The van der Waals surface area contributed by atoms with Crippen LogP contribution in [-0.4, -0.2) is 41.8 Å². The van der Waals surface area contributed by atoms with Gasteiger partial charge in [0.1, 0.15) is 5.60 Å². The second-order valence-electron chi connectivity index (χ2n) is 6.94. The van der Waals surface area contributed by atoms with E-state index in [9.17, 15) is 4.79 Å². The van der Waals surface area contributed by atoms with Crippen LogP contribution in [0.2, 0.25) is 0 Å². The molecule has 122 valence electrons. The van der Waals surface area contributed by atoms with Crippen LogP contribution in [0.15, 0.2) is 12.1 Å². The Labute approximate surface area is 132 Å². The summed E-state index contributed by atoms with van der Waals surface area (Å²) in [6.45, 7) is 9.16. The second-order valence-corrected chi connectivity index (χ2v) is 6.94. The lowest BCUT2D eigenvalue weighted by Gasteiger charge is -2.24. The van der Waals surface area contributed by atoms with Gasteiger partial charge in [0.25, 0.3) is 0 Å². The Hall–Kier alpha value is -1.78. The van der Waals surface area contributed by atoms with Crippen molar-refractivity contribution in [3.63, 3.8) is 0 Å². The maximum Gasteiger partial charge on any atom is 0.410 e. The average molecular weight is 306 g/mol. The quantitative estimate of drug-likeness (QED) is 0.860. The fourth-order valence-electron chi connectivity index (χ4n) is 2.75. The van der Waals surface area contributed by atoms with Crippen molar-refractivity contribution in [2.75, 3.05) is 20.2 Å². The molecule has 0 aromatic carbocycles. The number of rotatable bonds is 3. The molecular formula is C17H26N2O3. The highest BCUT2D eigenvalue weighted by Crippen LogP contribution is 2.24. The van der Waals surface area contributed by atoms with Crippen molar-refractivity contribution in [3.05, 3.63) is 23.4 Å². The van der Waals surface area contributed by atoms with Gasteiger partial charge in [-0.05, 0) is 58.1 Å². The van der Waals surface area contributed by atoms with Crippen molar-refractivity contribution < 1.29 is 14.3 Å². The SMILES string of the molecule is COc1cc(CC2CCN(C(=O)OC(C)(C)C)C2)cc(C)n1. The topological polar surface area (TPSA) is 51.7 Å². The van der Waals surface area contributed by atoms with Gasteiger partial charge in [-0.3, -0.25) is 0 Å². The van der Waals surface area contributed by atoms with Gasteiger partial charge in [-0.25, -0.2) is 9.78 Å². The molecule has 1 saturated heterocycles. The van der Waals surface area contributed by atoms with Crippen LogP contribution in [0.3, 0.4) is 0 Å². The molecule has 1 aromatic rings. The lowest BCUT2D eigenvalue weighted by atomic mass is 9.99. The minimum atomic E-state index is -0.440. The lowest BCUT2D eigenvalue weighted by Crippen LogP contribution is -2.35. The summed E-state index contributed by atoms with van der Waals surface area (Å²) in [5, 5.41) is 0. The first kappa shape index (κ1) is 16.6. The molecule has 0 N–H and O–H groups in total. The van der Waals surface area contributed by atoms with Crippen molar-refractivity contribution in [3.8, 4) is 5.88 Å². The highest BCUT2D eigenvalue weighted by molar-refractivity contribution is 5.68. The highest BCUT2D eigenvalue weighted by atomic mass is 16.6. The Bertz CT molecular complexity index is 537. The van der Waals surface area contributed by atoms with Crippen molar-refractivity contribution >= 4 is 6.09 Å². The molecule has 1 atom stereocenters. The first-order valence-electron chi connectivity index (χ1n) is 7.76. The Morgan fingerprint density at radius 3 is 2.77 bits per heavy atom. The molecular weight excluding hydrogens is 280 g/mol. The maximum atomic E-state index is 12.1. The highest BCUT2D eigenvalue weighted by Gasteiger charge is 2.29. The van der Waals surface area contributed by atoms with Crippen LogP contribution in [0.1, 0.15) is 38.4 Å². The Morgan fingerprint density at radius 1 is 1.41 bits per heavy atom. The van der Waals surface area contributed by atoms with E-state index in [0.717, 1.165) is 31.6 Å². The standard InChI is InChI=1S/C17H26N2O3/c1-12-8-14(10-15(18-12)21-5)9-13-6-7-19(11-13)16(20)22-17(2,3)4/h8,10,13H,6-7,9,11H2,1-5H3. The van der Waals surface area contributed by atoms with Gasteiger partial charge >= 0.3 is 6.09 Å². The van der Waals surface area contributed by atoms with E-state index in [4.69, 9.17) is 9.47 Å². The lowest BCUT2D eigenvalue weighted by molar-refractivity contribution is 0.0288. The number of ether oxygens (including phenoxy) is 2. The van der Waals surface area contributed by atoms with Crippen molar-refractivity contribution in [1.82, 2.24) is 9.88 Å². The molecule has 0 radical (unpaired) electrons. The largest absolute Gasteiger partial charge is 0.481 e. The molecule has 2 rings (SSSR count). The third-order valence-corrected chi connectivity index (χ3v) is 3.66. The van der Waals surface area contributed by atoms with Gasteiger partial charge < -0.3 is 14.4 Å². The molecule has 0 saturated carbocycles. The zero-order valence-corrected chi connectivity index (χ0v) is 14.2. The summed E-state index contributed by atoms with van der Waals surface area (Å²) in [4.78, 5) is 18.2. The molecule has 22 heavy (non-hydrogen) atoms. The number of aryl methyl sites for hydroxylation is 1. The molecule has 0 bridgehead atoms. The zero-order valence-electron chi connectivity index (χ0n) is 14.2. The van der Waals surface area contributed by atoms with Gasteiger partial charge in [0.15, 0.2) is 0 Å². The van der Waals surface area contributed by atoms with Crippen LogP contribution in [0.4, 0.5) is 4.79 Å². The first-order chi connectivity index (χ1) is 10.3. The summed E-state index contributed by atoms with van der Waals surface area (Å²) in [5.74, 6) is 1.11. The number of hydrogen-bond acceptors (Lipinski definition) is 4. The minimum absolute atomic E-state index is 0.210. The molecule has 1 fully saturated rings. The van der Waals surface area contributed by atoms with Gasteiger partial charge in [0.2, 0.25) is 5.88 Å². The van der Waals surface area contributed by atoms with Crippen LogP contribution < -0.4 is 4.74 Å². The Balaban J connectivity index is 1.94. The van der Waals surface area contributed by atoms with E-state index in [2.05, 4.69) is 11.1 Å². The molecule has 5 heteroatoms. The predicted molar refractivity (Wildman–Crippen MR) is 85.1 cm³/mol. The predicted octanol–water partition coefficient (Wildman–Crippen LogP) is 3.20. The van der Waals surface area contributed by atoms with E-state index in [0.29, 0.717) is 11.8 Å². The summed E-state index contributed by atoms with van der Waals surface area (Å²) in [7, 11) is 1.63. The van der Waals surface area contributed by atoms with Gasteiger partial charge in [0.05, 0.1) is 7.11 Å². The molecule has 0 spiro atoms. The molecule has 1 amide bonds. The third-order valence-electron chi connectivity index (χ3n) is 3.66. The molecule has 5 nitrogen and oxygen atoms in total. The number of carbonyl (C=O) groups is 1. The number of pyridine rings is 1. The normalized spacial score (nSPS) is 18.4. The number of aromatic nitrogens is 1. The van der Waals surface area contributed by atoms with Gasteiger partial charge in [-0.1, -0.05) is 0 Å². The van der Waals surface area contributed by atoms with Gasteiger partial charge in [0, 0.05) is 24.8 Å². The Morgan fingerprint density at radius 2 is 2.14 bits per heavy atom. The molecule has 2 heterocycles. The fraction of sp³-hybridized carbons (Fsp3) is 0.647. The number of methoxy groups -OCH3 is 1. The molecule has 1 aliphatic rings. The number of carbonyl (C=O) groups excluding carboxylic acids is 1. The number of likely N-dealkylation sites (tertiary alicyclic amines) is 1.